The molecule has 0 saturated carbocycles. The number of nitriles is 1. The van der Waals surface area contributed by atoms with Crippen molar-refractivity contribution in [1.29, 1.82) is 5.26 Å². The molecule has 0 saturated heterocycles. The average molecular weight is 297 g/mol. The summed E-state index contributed by atoms with van der Waals surface area (Å²) in [5.74, 6) is -1.44. The number of nitrogens with two attached hydrogens (primary N) is 1. The zero-order valence-electron chi connectivity index (χ0n) is 11.2. The summed E-state index contributed by atoms with van der Waals surface area (Å²) in [4.78, 5) is 3.88. The third-order valence-electron chi connectivity index (χ3n) is 3.13. The molecule has 22 heavy (non-hydrogen) atoms. The summed E-state index contributed by atoms with van der Waals surface area (Å²) in [6.45, 7) is 0. The largest absolute Gasteiger partial charge is 0.382 e. The van der Waals surface area contributed by atoms with Crippen molar-refractivity contribution >= 4 is 5.82 Å². The molecule has 0 aliphatic carbocycles. The number of halogens is 2. The summed E-state index contributed by atoms with van der Waals surface area (Å²) in [5.41, 5.74) is 6.61. The number of hydrogen-bond donors (Lipinski definition) is 1. The first-order valence-corrected chi connectivity index (χ1v) is 6.26. The SMILES string of the molecule is N#Cc1c(-c2ccc(F)cc2F)nn(-c2ccncc2)c1N. The van der Waals surface area contributed by atoms with Crippen molar-refractivity contribution in [2.75, 3.05) is 5.73 Å². The molecule has 7 heteroatoms. The molecule has 2 aromatic heterocycles. The van der Waals surface area contributed by atoms with Crippen LogP contribution in [0.4, 0.5) is 14.6 Å². The van der Waals surface area contributed by atoms with Gasteiger partial charge in [0.2, 0.25) is 0 Å². The molecule has 3 rings (SSSR count). The molecular weight excluding hydrogens is 288 g/mol. The van der Waals surface area contributed by atoms with Gasteiger partial charge in [-0.2, -0.15) is 10.4 Å². The van der Waals surface area contributed by atoms with Gasteiger partial charge in [-0.3, -0.25) is 4.98 Å². The number of nitrogen functional groups attached to an aromatic ring is 1. The maximum Gasteiger partial charge on any atom is 0.145 e. The van der Waals surface area contributed by atoms with Gasteiger partial charge in [0.25, 0.3) is 0 Å². The van der Waals surface area contributed by atoms with E-state index in [1.54, 1.807) is 24.5 Å². The van der Waals surface area contributed by atoms with Crippen molar-refractivity contribution in [3.63, 3.8) is 0 Å². The number of nitrogens with zero attached hydrogens (tertiary/aromatic N) is 4. The van der Waals surface area contributed by atoms with Gasteiger partial charge in [-0.1, -0.05) is 0 Å². The van der Waals surface area contributed by atoms with Crippen LogP contribution in [0.15, 0.2) is 42.7 Å². The van der Waals surface area contributed by atoms with E-state index >= 15 is 0 Å². The average Bonchev–Trinajstić information content (AvgIpc) is 2.84. The molecule has 0 aliphatic rings. The maximum absolute atomic E-state index is 13.9. The Balaban J connectivity index is 2.24. The number of aromatic nitrogens is 3. The number of rotatable bonds is 2. The molecule has 0 atom stereocenters. The molecular formula is C15H9F2N5. The van der Waals surface area contributed by atoms with E-state index in [4.69, 9.17) is 5.73 Å². The van der Waals surface area contributed by atoms with Crippen LogP contribution in [0.1, 0.15) is 5.56 Å². The van der Waals surface area contributed by atoms with E-state index in [0.717, 1.165) is 12.1 Å². The van der Waals surface area contributed by atoms with Crippen molar-refractivity contribution in [2.24, 2.45) is 0 Å². The van der Waals surface area contributed by atoms with Crippen molar-refractivity contribution in [3.05, 3.63) is 59.9 Å². The van der Waals surface area contributed by atoms with Crippen LogP contribution in [-0.4, -0.2) is 14.8 Å². The minimum absolute atomic E-state index is 0.0115. The van der Waals surface area contributed by atoms with Gasteiger partial charge in [-0.05, 0) is 24.3 Å². The van der Waals surface area contributed by atoms with Gasteiger partial charge in [0.05, 0.1) is 5.69 Å². The van der Waals surface area contributed by atoms with Gasteiger partial charge in [-0.15, -0.1) is 0 Å². The third kappa shape index (κ3) is 2.16. The Bertz CT molecular complexity index is 881. The second-order valence-electron chi connectivity index (χ2n) is 4.46. The number of anilines is 1. The van der Waals surface area contributed by atoms with Crippen molar-refractivity contribution < 1.29 is 8.78 Å². The molecule has 0 radical (unpaired) electrons. The van der Waals surface area contributed by atoms with Gasteiger partial charge in [0, 0.05) is 24.0 Å². The van der Waals surface area contributed by atoms with Gasteiger partial charge >= 0.3 is 0 Å². The second kappa shape index (κ2) is 5.26. The zero-order chi connectivity index (χ0) is 15.7. The molecule has 0 unspecified atom stereocenters. The van der Waals surface area contributed by atoms with Gasteiger partial charge < -0.3 is 5.73 Å². The number of benzene rings is 1. The lowest BCUT2D eigenvalue weighted by Gasteiger charge is -2.02. The van der Waals surface area contributed by atoms with E-state index in [1.165, 1.54) is 10.7 Å². The Hall–Kier alpha value is -3.27. The summed E-state index contributed by atoms with van der Waals surface area (Å²) in [6, 6.07) is 8.27. The smallest absolute Gasteiger partial charge is 0.145 e. The highest BCUT2D eigenvalue weighted by atomic mass is 19.1. The standard InChI is InChI=1S/C15H9F2N5/c16-9-1-2-11(13(17)7-9)14-12(8-18)15(19)22(21-14)10-3-5-20-6-4-10/h1-7H,19H2. The zero-order valence-corrected chi connectivity index (χ0v) is 11.2. The van der Waals surface area contributed by atoms with Gasteiger partial charge in [0.1, 0.15) is 34.8 Å². The third-order valence-corrected chi connectivity index (χ3v) is 3.13. The highest BCUT2D eigenvalue weighted by Crippen LogP contribution is 2.30. The van der Waals surface area contributed by atoms with Crippen LogP contribution in [0.3, 0.4) is 0 Å². The summed E-state index contributed by atoms with van der Waals surface area (Å²) >= 11 is 0. The summed E-state index contributed by atoms with van der Waals surface area (Å²) in [7, 11) is 0. The fourth-order valence-electron chi connectivity index (χ4n) is 2.09. The quantitative estimate of drug-likeness (QED) is 0.788. The predicted molar refractivity (Wildman–Crippen MR) is 75.8 cm³/mol. The first-order valence-electron chi connectivity index (χ1n) is 6.26. The molecule has 0 amide bonds. The fraction of sp³-hybridized carbons (Fsp3) is 0. The first-order chi connectivity index (χ1) is 10.6. The Labute approximate surface area is 124 Å². The molecule has 108 valence electrons. The molecule has 0 aliphatic heterocycles. The maximum atomic E-state index is 13.9. The van der Waals surface area contributed by atoms with Crippen LogP contribution < -0.4 is 5.73 Å². The Kier molecular flexibility index (Phi) is 3.27. The normalized spacial score (nSPS) is 10.4. The van der Waals surface area contributed by atoms with E-state index in [0.29, 0.717) is 5.69 Å². The summed E-state index contributed by atoms with van der Waals surface area (Å²) in [6.07, 6.45) is 3.08. The van der Waals surface area contributed by atoms with Crippen LogP contribution in [0.25, 0.3) is 16.9 Å². The predicted octanol–water partition coefficient (Wildman–Crippen LogP) is 2.67. The molecule has 0 spiro atoms. The van der Waals surface area contributed by atoms with Crippen molar-refractivity contribution in [1.82, 2.24) is 14.8 Å². The minimum atomic E-state index is -0.809. The molecule has 2 N–H and O–H groups in total. The molecule has 2 heterocycles. The lowest BCUT2D eigenvalue weighted by molar-refractivity contribution is 0.585. The fourth-order valence-corrected chi connectivity index (χ4v) is 2.09. The lowest BCUT2D eigenvalue weighted by atomic mass is 10.1. The molecule has 0 bridgehead atoms. The van der Waals surface area contributed by atoms with Crippen LogP contribution in [-0.2, 0) is 0 Å². The Morgan fingerprint density at radius 3 is 2.50 bits per heavy atom. The van der Waals surface area contributed by atoms with E-state index in [-0.39, 0.29) is 22.6 Å². The van der Waals surface area contributed by atoms with E-state index < -0.39 is 11.6 Å². The monoisotopic (exact) mass is 297 g/mol. The van der Waals surface area contributed by atoms with Gasteiger partial charge in [0.15, 0.2) is 0 Å². The minimum Gasteiger partial charge on any atom is -0.382 e. The molecule has 1 aromatic carbocycles. The Morgan fingerprint density at radius 1 is 1.14 bits per heavy atom. The summed E-state index contributed by atoms with van der Waals surface area (Å²) < 4.78 is 28.3. The summed E-state index contributed by atoms with van der Waals surface area (Å²) in [5, 5.41) is 13.5. The molecule has 5 nitrogen and oxygen atoms in total. The van der Waals surface area contributed by atoms with E-state index in [2.05, 4.69) is 10.1 Å². The highest BCUT2D eigenvalue weighted by molar-refractivity contribution is 5.74. The van der Waals surface area contributed by atoms with E-state index in [9.17, 15) is 14.0 Å². The van der Waals surface area contributed by atoms with Crippen molar-refractivity contribution in [2.45, 2.75) is 0 Å². The van der Waals surface area contributed by atoms with E-state index in [1.807, 2.05) is 6.07 Å². The first kappa shape index (κ1) is 13.7. The van der Waals surface area contributed by atoms with Gasteiger partial charge in [-0.25, -0.2) is 13.5 Å². The lowest BCUT2D eigenvalue weighted by Crippen LogP contribution is -2.02. The second-order valence-corrected chi connectivity index (χ2v) is 4.46. The number of hydrogen-bond acceptors (Lipinski definition) is 4. The molecule has 3 aromatic rings. The number of pyridine rings is 1. The van der Waals surface area contributed by atoms with Crippen LogP contribution in [0.5, 0.6) is 0 Å². The van der Waals surface area contributed by atoms with Crippen LogP contribution in [0, 0.1) is 23.0 Å². The molecule has 0 fully saturated rings. The van der Waals surface area contributed by atoms with Crippen molar-refractivity contribution in [3.8, 4) is 23.0 Å². The van der Waals surface area contributed by atoms with Crippen LogP contribution in [0.2, 0.25) is 0 Å². The van der Waals surface area contributed by atoms with Crippen LogP contribution >= 0.6 is 0 Å². The Morgan fingerprint density at radius 2 is 1.86 bits per heavy atom. The topological polar surface area (TPSA) is 80.5 Å². The highest BCUT2D eigenvalue weighted by Gasteiger charge is 2.20.